The summed E-state index contributed by atoms with van der Waals surface area (Å²) in [5, 5.41) is 20.9. The van der Waals surface area contributed by atoms with Crippen molar-refractivity contribution in [3.8, 4) is 0 Å². The summed E-state index contributed by atoms with van der Waals surface area (Å²) in [6.07, 6.45) is -0.495. The summed E-state index contributed by atoms with van der Waals surface area (Å²) in [7, 11) is 0. The molecule has 8 nitrogen and oxygen atoms in total. The molecule has 2 fully saturated rings. The van der Waals surface area contributed by atoms with Gasteiger partial charge in [-0.1, -0.05) is 30.3 Å². The van der Waals surface area contributed by atoms with Crippen LogP contribution in [0.25, 0.3) is 0 Å². The largest absolute Gasteiger partial charge is 0.548 e. The number of carbonyl (C=O) groups excluding carboxylic acids is 3. The quantitative estimate of drug-likeness (QED) is 0.774. The lowest BCUT2D eigenvalue weighted by molar-refractivity contribution is -0.310. The van der Waals surface area contributed by atoms with Crippen LogP contribution >= 0.6 is 0 Å². The van der Waals surface area contributed by atoms with Crippen LogP contribution in [0.5, 0.6) is 0 Å². The van der Waals surface area contributed by atoms with Gasteiger partial charge in [0, 0.05) is 19.5 Å². The average Bonchev–Trinajstić information content (AvgIpc) is 3.27. The summed E-state index contributed by atoms with van der Waals surface area (Å²) in [4.78, 5) is 38.8. The van der Waals surface area contributed by atoms with Crippen LogP contribution in [-0.4, -0.2) is 64.2 Å². The van der Waals surface area contributed by atoms with Crippen molar-refractivity contribution in [3.63, 3.8) is 0 Å². The maximum atomic E-state index is 12.8. The van der Waals surface area contributed by atoms with Gasteiger partial charge in [0.1, 0.15) is 12.6 Å². The first-order valence-corrected chi connectivity index (χ1v) is 8.64. The number of nitrogens with zero attached hydrogens (tertiary/aromatic N) is 2. The third kappa shape index (κ3) is 3.80. The van der Waals surface area contributed by atoms with Crippen LogP contribution in [0.4, 0.5) is 4.79 Å². The van der Waals surface area contributed by atoms with E-state index < -0.39 is 36.2 Å². The Kier molecular flexibility index (Phi) is 5.41. The molecular formula is C18H21N2O6-. The van der Waals surface area contributed by atoms with Gasteiger partial charge in [0.15, 0.2) is 0 Å². The van der Waals surface area contributed by atoms with Crippen molar-refractivity contribution in [2.75, 3.05) is 13.1 Å². The van der Waals surface area contributed by atoms with Crippen LogP contribution in [0, 0.1) is 0 Å². The van der Waals surface area contributed by atoms with Gasteiger partial charge in [0.2, 0.25) is 5.91 Å². The molecule has 0 bridgehead atoms. The van der Waals surface area contributed by atoms with Crippen LogP contribution in [-0.2, 0) is 20.9 Å². The summed E-state index contributed by atoms with van der Waals surface area (Å²) in [5.74, 6) is -1.88. The van der Waals surface area contributed by atoms with E-state index in [0.29, 0.717) is 19.4 Å². The van der Waals surface area contributed by atoms with E-state index in [1.165, 1.54) is 4.90 Å². The molecule has 2 aliphatic rings. The summed E-state index contributed by atoms with van der Waals surface area (Å²) in [6.45, 7) is 0.401. The van der Waals surface area contributed by atoms with Crippen molar-refractivity contribution in [3.05, 3.63) is 35.9 Å². The number of benzene rings is 1. The van der Waals surface area contributed by atoms with Gasteiger partial charge in [-0.15, -0.1) is 0 Å². The molecule has 2 amide bonds. The number of ether oxygens (including phenoxy) is 1. The molecule has 0 radical (unpaired) electrons. The molecule has 140 valence electrons. The Morgan fingerprint density at radius 1 is 1.15 bits per heavy atom. The van der Waals surface area contributed by atoms with E-state index in [-0.39, 0.29) is 19.6 Å². The molecule has 0 unspecified atom stereocenters. The van der Waals surface area contributed by atoms with Gasteiger partial charge >= 0.3 is 6.09 Å². The van der Waals surface area contributed by atoms with Crippen molar-refractivity contribution in [2.24, 2.45) is 0 Å². The highest BCUT2D eigenvalue weighted by Gasteiger charge is 2.43. The van der Waals surface area contributed by atoms with Crippen LogP contribution in [0.2, 0.25) is 0 Å². The maximum absolute atomic E-state index is 12.8. The molecule has 3 atom stereocenters. The molecule has 0 saturated carbocycles. The molecule has 2 aliphatic heterocycles. The Balaban J connectivity index is 1.64. The molecule has 1 aromatic carbocycles. The number of rotatable bonds is 4. The molecule has 0 aromatic heterocycles. The van der Waals surface area contributed by atoms with Gasteiger partial charge in [0.05, 0.1) is 18.1 Å². The van der Waals surface area contributed by atoms with E-state index in [1.807, 2.05) is 30.3 Å². The smallest absolute Gasteiger partial charge is 0.410 e. The first kappa shape index (κ1) is 18.2. The highest BCUT2D eigenvalue weighted by Crippen LogP contribution is 2.25. The van der Waals surface area contributed by atoms with E-state index in [1.54, 1.807) is 0 Å². The number of carboxylic acid groups (broad SMARTS) is 1. The molecule has 0 spiro atoms. The predicted molar refractivity (Wildman–Crippen MR) is 87.5 cm³/mol. The SMILES string of the molecule is O=C([O-])[C@@H]1C[C@@H](O)CN1C(=O)[C@@H]1CCCN1C(=O)OCc1ccccc1. The van der Waals surface area contributed by atoms with Gasteiger partial charge in [-0.25, -0.2) is 4.79 Å². The fourth-order valence-electron chi connectivity index (χ4n) is 3.52. The minimum absolute atomic E-state index is 0.0563. The molecular weight excluding hydrogens is 340 g/mol. The van der Waals surface area contributed by atoms with Gasteiger partial charge in [0.25, 0.3) is 0 Å². The molecule has 8 heteroatoms. The van der Waals surface area contributed by atoms with Crippen LogP contribution in [0.1, 0.15) is 24.8 Å². The predicted octanol–water partition coefficient (Wildman–Crippen LogP) is -0.501. The topological polar surface area (TPSA) is 110 Å². The van der Waals surface area contributed by atoms with Crippen LogP contribution in [0.15, 0.2) is 30.3 Å². The number of likely N-dealkylation sites (tertiary alicyclic amines) is 2. The molecule has 1 N–H and O–H groups in total. The zero-order valence-corrected chi connectivity index (χ0v) is 14.2. The summed E-state index contributed by atoms with van der Waals surface area (Å²) >= 11 is 0. The highest BCUT2D eigenvalue weighted by molar-refractivity contribution is 5.90. The Hall–Kier alpha value is -2.61. The highest BCUT2D eigenvalue weighted by atomic mass is 16.6. The summed E-state index contributed by atoms with van der Waals surface area (Å²) < 4.78 is 5.29. The fourth-order valence-corrected chi connectivity index (χ4v) is 3.52. The number of carbonyl (C=O) groups is 3. The van der Waals surface area contributed by atoms with E-state index in [4.69, 9.17) is 4.74 Å². The van der Waals surface area contributed by atoms with E-state index in [0.717, 1.165) is 10.5 Å². The second kappa shape index (κ2) is 7.74. The number of carboxylic acids is 1. The standard InChI is InChI=1S/C18H22N2O6/c21-13-9-15(17(23)24)20(10-13)16(22)14-7-4-8-19(14)18(25)26-11-12-5-2-1-3-6-12/h1-3,5-6,13-15,21H,4,7-11H2,(H,23,24)/p-1/t13-,14+,15+/m1/s1. The number of hydrogen-bond acceptors (Lipinski definition) is 6. The zero-order chi connectivity index (χ0) is 18.7. The monoisotopic (exact) mass is 361 g/mol. The van der Waals surface area contributed by atoms with Crippen LogP contribution < -0.4 is 5.11 Å². The van der Waals surface area contributed by atoms with Gasteiger partial charge < -0.3 is 24.6 Å². The first-order chi connectivity index (χ1) is 12.5. The maximum Gasteiger partial charge on any atom is 0.410 e. The number of aliphatic carboxylic acids is 1. The number of aliphatic hydroxyl groups is 1. The minimum Gasteiger partial charge on any atom is -0.548 e. The van der Waals surface area contributed by atoms with Crippen molar-refractivity contribution >= 4 is 18.0 Å². The number of amides is 2. The van der Waals surface area contributed by atoms with Crippen LogP contribution in [0.3, 0.4) is 0 Å². The summed E-state index contributed by atoms with van der Waals surface area (Å²) in [6, 6.07) is 7.25. The normalized spacial score (nSPS) is 25.3. The number of aliphatic hydroxyl groups excluding tert-OH is 1. The molecule has 1 aromatic rings. The molecule has 3 rings (SSSR count). The van der Waals surface area contributed by atoms with E-state index >= 15 is 0 Å². The fraction of sp³-hybridized carbons (Fsp3) is 0.500. The van der Waals surface area contributed by atoms with Crippen molar-refractivity contribution < 1.29 is 29.3 Å². The minimum atomic E-state index is -1.40. The third-order valence-electron chi connectivity index (χ3n) is 4.81. The van der Waals surface area contributed by atoms with Gasteiger partial charge in [-0.05, 0) is 18.4 Å². The average molecular weight is 361 g/mol. The Labute approximate surface area is 151 Å². The lowest BCUT2D eigenvalue weighted by Crippen LogP contribution is -2.53. The van der Waals surface area contributed by atoms with Gasteiger partial charge in [-0.3, -0.25) is 9.69 Å². The second-order valence-electron chi connectivity index (χ2n) is 6.61. The Bertz CT molecular complexity index is 680. The molecule has 2 heterocycles. The Morgan fingerprint density at radius 2 is 1.88 bits per heavy atom. The number of β-amino-alcohol motifs (C(OH)–C–C–N with tert-alkyl or cyclic N) is 1. The second-order valence-corrected chi connectivity index (χ2v) is 6.61. The van der Waals surface area contributed by atoms with Crippen molar-refractivity contribution in [1.82, 2.24) is 9.80 Å². The molecule has 26 heavy (non-hydrogen) atoms. The molecule has 0 aliphatic carbocycles. The van der Waals surface area contributed by atoms with E-state index in [9.17, 15) is 24.6 Å². The summed E-state index contributed by atoms with van der Waals surface area (Å²) in [5.41, 5.74) is 0.836. The Morgan fingerprint density at radius 3 is 2.58 bits per heavy atom. The van der Waals surface area contributed by atoms with Gasteiger partial charge in [-0.2, -0.15) is 0 Å². The van der Waals surface area contributed by atoms with Crippen molar-refractivity contribution in [2.45, 2.75) is 44.1 Å². The lowest BCUT2D eigenvalue weighted by atomic mass is 10.1. The van der Waals surface area contributed by atoms with Crippen molar-refractivity contribution in [1.29, 1.82) is 0 Å². The third-order valence-corrected chi connectivity index (χ3v) is 4.81. The molecule has 2 saturated heterocycles. The first-order valence-electron chi connectivity index (χ1n) is 8.64. The van der Waals surface area contributed by atoms with E-state index in [2.05, 4.69) is 0 Å². The zero-order valence-electron chi connectivity index (χ0n) is 14.2. The number of hydrogen-bond donors (Lipinski definition) is 1. The lowest BCUT2D eigenvalue weighted by Gasteiger charge is -2.31.